The summed E-state index contributed by atoms with van der Waals surface area (Å²) in [5, 5.41) is 3.47. The molecule has 2 aliphatic rings. The van der Waals surface area contributed by atoms with Crippen LogP contribution in [0.1, 0.15) is 52.9 Å². The maximum Gasteiger partial charge on any atom is 0.194 e. The van der Waals surface area contributed by atoms with E-state index in [-0.39, 0.29) is 36.2 Å². The zero-order chi connectivity index (χ0) is 18.6. The molecule has 1 N–H and O–H groups in total. The van der Waals surface area contributed by atoms with Gasteiger partial charge in [0, 0.05) is 32.8 Å². The topological polar surface area (TPSA) is 49.3 Å². The first-order chi connectivity index (χ1) is 12.8. The second-order valence-corrected chi connectivity index (χ2v) is 7.34. The maximum atomic E-state index is 5.98. The van der Waals surface area contributed by atoms with Crippen LogP contribution in [-0.4, -0.2) is 87.0 Å². The number of hydrogen-bond acceptors (Lipinski definition) is 4. The van der Waals surface area contributed by atoms with E-state index in [1.807, 2.05) is 0 Å². The summed E-state index contributed by atoms with van der Waals surface area (Å²) in [7, 11) is 0. The summed E-state index contributed by atoms with van der Waals surface area (Å²) in [6, 6.07) is 0. The standard InChI is InChI=1S/C20H40N4O2.HI/c1-4-11-23(12-5-2)13-8-10-22-20(21-6-3)24-14-16-26-19(17-24)18-9-7-15-25-18;/h18-19H,4-17H2,1-3H3,(H,21,22);1H. The Hall–Kier alpha value is -0.120. The van der Waals surface area contributed by atoms with Crippen LogP contribution in [0.5, 0.6) is 0 Å². The average molecular weight is 496 g/mol. The minimum absolute atomic E-state index is 0. The molecule has 0 amide bonds. The van der Waals surface area contributed by atoms with Gasteiger partial charge in [-0.05, 0) is 58.7 Å². The van der Waals surface area contributed by atoms with Crippen molar-refractivity contribution in [3.05, 3.63) is 0 Å². The molecule has 2 aliphatic heterocycles. The summed E-state index contributed by atoms with van der Waals surface area (Å²) in [6.45, 7) is 15.4. The molecule has 2 rings (SSSR count). The number of nitrogens with zero attached hydrogens (tertiary/aromatic N) is 3. The number of aliphatic imine (C=N–C) groups is 1. The number of hydrogen-bond donors (Lipinski definition) is 1. The Kier molecular flexibility index (Phi) is 13.7. The molecule has 2 fully saturated rings. The first kappa shape index (κ1) is 24.9. The first-order valence-corrected chi connectivity index (χ1v) is 10.8. The van der Waals surface area contributed by atoms with Gasteiger partial charge >= 0.3 is 0 Å². The highest BCUT2D eigenvalue weighted by atomic mass is 127. The van der Waals surface area contributed by atoms with Gasteiger partial charge in [-0.15, -0.1) is 24.0 Å². The van der Waals surface area contributed by atoms with E-state index in [1.54, 1.807) is 0 Å². The van der Waals surface area contributed by atoms with Crippen molar-refractivity contribution < 1.29 is 9.47 Å². The molecular weight excluding hydrogens is 455 g/mol. The number of morpholine rings is 1. The molecular formula is C20H41IN4O2. The summed E-state index contributed by atoms with van der Waals surface area (Å²) >= 11 is 0. The van der Waals surface area contributed by atoms with E-state index >= 15 is 0 Å². The first-order valence-electron chi connectivity index (χ1n) is 10.8. The Labute approximate surface area is 183 Å². The highest BCUT2D eigenvalue weighted by molar-refractivity contribution is 14.0. The minimum atomic E-state index is 0. The molecule has 0 bridgehead atoms. The largest absolute Gasteiger partial charge is 0.375 e. The fourth-order valence-electron chi connectivity index (χ4n) is 3.86. The van der Waals surface area contributed by atoms with Crippen LogP contribution in [0.25, 0.3) is 0 Å². The third-order valence-corrected chi connectivity index (χ3v) is 5.08. The molecule has 2 saturated heterocycles. The maximum absolute atomic E-state index is 5.98. The number of ether oxygens (including phenoxy) is 2. The van der Waals surface area contributed by atoms with Gasteiger partial charge < -0.3 is 24.6 Å². The lowest BCUT2D eigenvalue weighted by Crippen LogP contribution is -2.53. The summed E-state index contributed by atoms with van der Waals surface area (Å²) < 4.78 is 11.8. The normalized spacial score (nSPS) is 23.6. The van der Waals surface area contributed by atoms with Gasteiger partial charge in [-0.1, -0.05) is 13.8 Å². The van der Waals surface area contributed by atoms with Crippen LogP contribution in [0.4, 0.5) is 0 Å². The van der Waals surface area contributed by atoms with E-state index in [4.69, 9.17) is 14.5 Å². The predicted octanol–water partition coefficient (Wildman–Crippen LogP) is 2.96. The highest BCUT2D eigenvalue weighted by Crippen LogP contribution is 2.21. The van der Waals surface area contributed by atoms with E-state index in [2.05, 4.69) is 35.9 Å². The molecule has 2 heterocycles. The molecule has 27 heavy (non-hydrogen) atoms. The predicted molar refractivity (Wildman–Crippen MR) is 123 cm³/mol. The molecule has 0 saturated carbocycles. The van der Waals surface area contributed by atoms with Crippen LogP contribution < -0.4 is 5.32 Å². The van der Waals surface area contributed by atoms with Crippen molar-refractivity contribution in [2.45, 2.75) is 65.1 Å². The molecule has 0 aromatic rings. The number of nitrogens with one attached hydrogen (secondary N) is 1. The van der Waals surface area contributed by atoms with Gasteiger partial charge in [0.25, 0.3) is 0 Å². The van der Waals surface area contributed by atoms with Crippen molar-refractivity contribution in [2.75, 3.05) is 59.0 Å². The van der Waals surface area contributed by atoms with Gasteiger partial charge in [0.1, 0.15) is 6.10 Å². The van der Waals surface area contributed by atoms with E-state index in [0.29, 0.717) is 0 Å². The average Bonchev–Trinajstić information content (AvgIpc) is 3.19. The second kappa shape index (κ2) is 14.8. The summed E-state index contributed by atoms with van der Waals surface area (Å²) in [5.41, 5.74) is 0. The van der Waals surface area contributed by atoms with Gasteiger partial charge in [-0.3, -0.25) is 4.99 Å². The van der Waals surface area contributed by atoms with Crippen LogP contribution in [0.2, 0.25) is 0 Å². The Morgan fingerprint density at radius 3 is 2.44 bits per heavy atom. The molecule has 160 valence electrons. The van der Waals surface area contributed by atoms with Crippen LogP contribution in [0.15, 0.2) is 4.99 Å². The quantitative estimate of drug-likeness (QED) is 0.218. The van der Waals surface area contributed by atoms with Gasteiger partial charge in [0.15, 0.2) is 5.96 Å². The molecule has 6 nitrogen and oxygen atoms in total. The van der Waals surface area contributed by atoms with Crippen molar-refractivity contribution in [1.82, 2.24) is 15.1 Å². The molecule has 0 spiro atoms. The van der Waals surface area contributed by atoms with Gasteiger partial charge in [0.05, 0.1) is 12.7 Å². The minimum Gasteiger partial charge on any atom is -0.375 e. The molecule has 7 heteroatoms. The smallest absolute Gasteiger partial charge is 0.194 e. The van der Waals surface area contributed by atoms with Gasteiger partial charge in [-0.25, -0.2) is 0 Å². The molecule has 0 aromatic heterocycles. The Balaban J connectivity index is 0.00000364. The van der Waals surface area contributed by atoms with Crippen LogP contribution in [0, 0.1) is 0 Å². The van der Waals surface area contributed by atoms with E-state index in [9.17, 15) is 0 Å². The third-order valence-electron chi connectivity index (χ3n) is 5.08. The SMILES string of the molecule is CCCN(CCC)CCCN=C(NCC)N1CCOC(C2CCCO2)C1.I. The zero-order valence-corrected chi connectivity index (χ0v) is 20.0. The number of rotatable bonds is 10. The van der Waals surface area contributed by atoms with E-state index in [0.717, 1.165) is 71.2 Å². The third kappa shape index (κ3) is 8.83. The zero-order valence-electron chi connectivity index (χ0n) is 17.6. The Morgan fingerprint density at radius 1 is 1.07 bits per heavy atom. The lowest BCUT2D eigenvalue weighted by atomic mass is 10.1. The lowest BCUT2D eigenvalue weighted by molar-refractivity contribution is -0.0817. The molecule has 0 radical (unpaired) electrons. The molecule has 0 aliphatic carbocycles. The molecule has 0 aromatic carbocycles. The fraction of sp³-hybridized carbons (Fsp3) is 0.950. The van der Waals surface area contributed by atoms with Gasteiger partial charge in [-0.2, -0.15) is 0 Å². The highest BCUT2D eigenvalue weighted by Gasteiger charge is 2.32. The van der Waals surface area contributed by atoms with Crippen LogP contribution in [-0.2, 0) is 9.47 Å². The van der Waals surface area contributed by atoms with Crippen molar-refractivity contribution in [1.29, 1.82) is 0 Å². The van der Waals surface area contributed by atoms with Gasteiger partial charge in [0.2, 0.25) is 0 Å². The summed E-state index contributed by atoms with van der Waals surface area (Å²) in [5.74, 6) is 1.04. The van der Waals surface area contributed by atoms with Crippen molar-refractivity contribution in [2.24, 2.45) is 4.99 Å². The van der Waals surface area contributed by atoms with Crippen LogP contribution in [0.3, 0.4) is 0 Å². The van der Waals surface area contributed by atoms with Crippen molar-refractivity contribution >= 4 is 29.9 Å². The number of guanidine groups is 1. The van der Waals surface area contributed by atoms with Crippen molar-refractivity contribution in [3.63, 3.8) is 0 Å². The summed E-state index contributed by atoms with van der Waals surface area (Å²) in [4.78, 5) is 9.82. The van der Waals surface area contributed by atoms with E-state index in [1.165, 1.54) is 25.9 Å². The monoisotopic (exact) mass is 496 g/mol. The number of halogens is 1. The Morgan fingerprint density at radius 2 is 1.81 bits per heavy atom. The lowest BCUT2D eigenvalue weighted by Gasteiger charge is -2.37. The summed E-state index contributed by atoms with van der Waals surface area (Å²) in [6.07, 6.45) is 6.29. The Bertz CT molecular complexity index is 399. The van der Waals surface area contributed by atoms with Crippen LogP contribution >= 0.6 is 24.0 Å². The second-order valence-electron chi connectivity index (χ2n) is 7.34. The molecule has 2 unspecified atom stereocenters. The fourth-order valence-corrected chi connectivity index (χ4v) is 3.86. The van der Waals surface area contributed by atoms with Crippen molar-refractivity contribution in [3.8, 4) is 0 Å². The van der Waals surface area contributed by atoms with E-state index < -0.39 is 0 Å². The molecule has 2 atom stereocenters.